The summed E-state index contributed by atoms with van der Waals surface area (Å²) in [6.07, 6.45) is 0.183. The van der Waals surface area contributed by atoms with Crippen LogP contribution in [0.5, 0.6) is 11.5 Å². The van der Waals surface area contributed by atoms with Crippen LogP contribution in [0.2, 0.25) is 0 Å². The lowest BCUT2D eigenvalue weighted by atomic mass is 9.97. The van der Waals surface area contributed by atoms with Crippen molar-refractivity contribution in [3.05, 3.63) is 59.2 Å². The summed E-state index contributed by atoms with van der Waals surface area (Å²) in [4.78, 5) is 23.7. The maximum Gasteiger partial charge on any atom is 0.303 e. The van der Waals surface area contributed by atoms with E-state index in [1.54, 1.807) is 20.3 Å². The van der Waals surface area contributed by atoms with Crippen molar-refractivity contribution in [3.63, 3.8) is 0 Å². The van der Waals surface area contributed by atoms with E-state index in [0.29, 0.717) is 17.9 Å². The Hall–Kier alpha value is -3.35. The number of methoxy groups -OCH3 is 2. The van der Waals surface area contributed by atoms with Crippen molar-refractivity contribution in [3.8, 4) is 11.5 Å². The van der Waals surface area contributed by atoms with Crippen LogP contribution < -0.4 is 9.47 Å². The number of nitrogens with zero attached hydrogens (tertiary/aromatic N) is 2. The van der Waals surface area contributed by atoms with Crippen LogP contribution in [0, 0.1) is 6.92 Å². The van der Waals surface area contributed by atoms with Gasteiger partial charge < -0.3 is 14.6 Å². The van der Waals surface area contributed by atoms with Crippen molar-refractivity contribution >= 4 is 17.6 Å². The smallest absolute Gasteiger partial charge is 0.303 e. The lowest BCUT2D eigenvalue weighted by Crippen LogP contribution is -2.27. The van der Waals surface area contributed by atoms with Gasteiger partial charge in [0.1, 0.15) is 11.5 Å². The number of aliphatic carboxylic acids is 1. The highest BCUT2D eigenvalue weighted by Crippen LogP contribution is 2.35. The Bertz CT molecular complexity index is 932. The fraction of sp³-hybridized carbons (Fsp3) is 0.318. The Balaban J connectivity index is 1.97. The van der Waals surface area contributed by atoms with Gasteiger partial charge in [0.2, 0.25) is 5.91 Å². The summed E-state index contributed by atoms with van der Waals surface area (Å²) in [5, 5.41) is 14.9. The Kier molecular flexibility index (Phi) is 6.16. The van der Waals surface area contributed by atoms with E-state index >= 15 is 0 Å². The summed E-state index contributed by atoms with van der Waals surface area (Å²) in [6.45, 7) is 1.99. The van der Waals surface area contributed by atoms with Crippen molar-refractivity contribution in [1.82, 2.24) is 5.01 Å². The molecule has 1 aliphatic rings. The number of amides is 1. The summed E-state index contributed by atoms with van der Waals surface area (Å²) in [7, 11) is 3.15. The highest BCUT2D eigenvalue weighted by Gasteiger charge is 2.33. The second kappa shape index (κ2) is 8.77. The molecule has 7 nitrogen and oxygen atoms in total. The molecule has 2 aromatic carbocycles. The number of carboxylic acid groups (broad SMARTS) is 1. The fourth-order valence-electron chi connectivity index (χ4n) is 3.35. The van der Waals surface area contributed by atoms with Crippen molar-refractivity contribution in [2.45, 2.75) is 32.2 Å². The van der Waals surface area contributed by atoms with Crippen LogP contribution in [-0.4, -0.2) is 41.9 Å². The number of carbonyl (C=O) groups is 2. The highest BCUT2D eigenvalue weighted by molar-refractivity contribution is 6.03. The van der Waals surface area contributed by atoms with Crippen LogP contribution in [0.25, 0.3) is 0 Å². The molecule has 1 atom stereocenters. The molecular formula is C22H24N2O5. The molecule has 1 aliphatic heterocycles. The molecule has 0 bridgehead atoms. The van der Waals surface area contributed by atoms with Gasteiger partial charge in [-0.3, -0.25) is 9.59 Å². The van der Waals surface area contributed by atoms with Crippen LogP contribution in [0.4, 0.5) is 0 Å². The van der Waals surface area contributed by atoms with Gasteiger partial charge in [-0.2, -0.15) is 5.10 Å². The number of benzene rings is 2. The van der Waals surface area contributed by atoms with Crippen LogP contribution in [0.15, 0.2) is 47.6 Å². The van der Waals surface area contributed by atoms with E-state index in [4.69, 9.17) is 14.6 Å². The van der Waals surface area contributed by atoms with Gasteiger partial charge in [-0.15, -0.1) is 0 Å². The van der Waals surface area contributed by atoms with E-state index in [9.17, 15) is 9.59 Å². The first-order chi connectivity index (χ1) is 13.9. The maximum absolute atomic E-state index is 12.7. The summed E-state index contributed by atoms with van der Waals surface area (Å²) in [5.74, 6) is -0.0650. The number of ether oxygens (including phenoxy) is 2. The number of rotatable bonds is 7. The number of carbonyl (C=O) groups excluding carboxylic acids is 1. The zero-order valence-corrected chi connectivity index (χ0v) is 16.7. The Morgan fingerprint density at radius 1 is 1.10 bits per heavy atom. The van der Waals surface area contributed by atoms with E-state index in [1.807, 2.05) is 43.3 Å². The monoisotopic (exact) mass is 396 g/mol. The zero-order valence-electron chi connectivity index (χ0n) is 16.7. The molecule has 29 heavy (non-hydrogen) atoms. The molecule has 1 heterocycles. The molecule has 152 valence electrons. The summed E-state index contributed by atoms with van der Waals surface area (Å²) >= 11 is 0. The van der Waals surface area contributed by atoms with Crippen molar-refractivity contribution < 1.29 is 24.2 Å². The molecule has 0 saturated carbocycles. The van der Waals surface area contributed by atoms with Gasteiger partial charge in [-0.05, 0) is 24.6 Å². The number of hydrogen-bond acceptors (Lipinski definition) is 5. The minimum absolute atomic E-state index is 0.101. The van der Waals surface area contributed by atoms with Gasteiger partial charge in [0, 0.05) is 24.5 Å². The van der Waals surface area contributed by atoms with Gasteiger partial charge in [-0.25, -0.2) is 5.01 Å². The topological polar surface area (TPSA) is 88.4 Å². The molecule has 1 N–H and O–H groups in total. The quantitative estimate of drug-likeness (QED) is 0.773. The van der Waals surface area contributed by atoms with E-state index in [1.165, 1.54) is 5.01 Å². The van der Waals surface area contributed by atoms with Crippen molar-refractivity contribution in [2.75, 3.05) is 14.2 Å². The third kappa shape index (κ3) is 4.74. The van der Waals surface area contributed by atoms with Gasteiger partial charge in [0.15, 0.2) is 0 Å². The first kappa shape index (κ1) is 20.4. The lowest BCUT2D eigenvalue weighted by molar-refractivity contribution is -0.141. The lowest BCUT2D eigenvalue weighted by Gasteiger charge is -2.22. The van der Waals surface area contributed by atoms with E-state index in [2.05, 4.69) is 5.10 Å². The SMILES string of the molecule is COc1cc(OC)cc(C2=NN(C(=O)CCC(=O)O)C(c3cccc(C)c3)C2)c1. The van der Waals surface area contributed by atoms with Crippen LogP contribution in [0.1, 0.15) is 42.0 Å². The second-order valence-corrected chi connectivity index (χ2v) is 6.91. The third-order valence-corrected chi connectivity index (χ3v) is 4.83. The number of aryl methyl sites for hydroxylation is 1. The molecule has 1 unspecified atom stereocenters. The molecule has 0 saturated heterocycles. The highest BCUT2D eigenvalue weighted by atomic mass is 16.5. The standard InChI is InChI=1S/C22H24N2O5/c1-14-5-4-6-15(9-14)20-13-19(23-24(20)21(25)7-8-22(26)27)16-10-17(28-2)12-18(11-16)29-3/h4-6,9-12,20H,7-8,13H2,1-3H3,(H,26,27). The summed E-state index contributed by atoms with van der Waals surface area (Å²) < 4.78 is 10.7. The Labute approximate surface area is 169 Å². The maximum atomic E-state index is 12.7. The van der Waals surface area contributed by atoms with Gasteiger partial charge in [0.25, 0.3) is 0 Å². The normalized spacial score (nSPS) is 15.8. The molecule has 3 rings (SSSR count). The summed E-state index contributed by atoms with van der Waals surface area (Å²) in [5.41, 5.74) is 3.56. The predicted octanol–water partition coefficient (Wildman–Crippen LogP) is 3.55. The zero-order chi connectivity index (χ0) is 21.0. The molecule has 0 spiro atoms. The number of hydrogen-bond donors (Lipinski definition) is 1. The molecule has 2 aromatic rings. The fourth-order valence-corrected chi connectivity index (χ4v) is 3.35. The molecule has 1 amide bonds. The average Bonchev–Trinajstić information content (AvgIpc) is 3.17. The predicted molar refractivity (Wildman–Crippen MR) is 108 cm³/mol. The average molecular weight is 396 g/mol. The van der Waals surface area contributed by atoms with E-state index in [0.717, 1.165) is 22.4 Å². The van der Waals surface area contributed by atoms with Crippen LogP contribution >= 0.6 is 0 Å². The molecule has 0 aromatic heterocycles. The largest absolute Gasteiger partial charge is 0.497 e. The van der Waals surface area contributed by atoms with E-state index < -0.39 is 5.97 Å². The number of carboxylic acids is 1. The Morgan fingerprint density at radius 3 is 2.38 bits per heavy atom. The molecule has 7 heteroatoms. The molecule has 0 aliphatic carbocycles. The first-order valence-corrected chi connectivity index (χ1v) is 9.32. The summed E-state index contributed by atoms with van der Waals surface area (Å²) in [6, 6.07) is 13.1. The molecular weight excluding hydrogens is 372 g/mol. The van der Waals surface area contributed by atoms with Gasteiger partial charge in [-0.1, -0.05) is 29.8 Å². The molecule has 0 radical (unpaired) electrons. The van der Waals surface area contributed by atoms with Crippen molar-refractivity contribution in [2.24, 2.45) is 5.10 Å². The third-order valence-electron chi connectivity index (χ3n) is 4.83. The Morgan fingerprint density at radius 2 is 1.79 bits per heavy atom. The minimum Gasteiger partial charge on any atom is -0.497 e. The number of hydrazone groups is 1. The van der Waals surface area contributed by atoms with Crippen LogP contribution in [0.3, 0.4) is 0 Å². The van der Waals surface area contributed by atoms with Crippen molar-refractivity contribution in [1.29, 1.82) is 0 Å². The first-order valence-electron chi connectivity index (χ1n) is 9.32. The van der Waals surface area contributed by atoms with Gasteiger partial charge >= 0.3 is 5.97 Å². The van der Waals surface area contributed by atoms with Gasteiger partial charge in [0.05, 0.1) is 32.4 Å². The van der Waals surface area contributed by atoms with Crippen LogP contribution in [-0.2, 0) is 9.59 Å². The van der Waals surface area contributed by atoms with E-state index in [-0.39, 0.29) is 24.8 Å². The second-order valence-electron chi connectivity index (χ2n) is 6.91. The molecule has 0 fully saturated rings. The minimum atomic E-state index is -1.01.